The summed E-state index contributed by atoms with van der Waals surface area (Å²) in [7, 11) is 0. The third-order valence-electron chi connectivity index (χ3n) is 4.12. The SMILES string of the molecule is CC[C@@H](C)c1ccccc1OCCCOc1cccc(/C=N\NC(N)=O)c1. The van der Waals surface area contributed by atoms with Crippen LogP contribution in [0.15, 0.2) is 53.6 Å². The van der Waals surface area contributed by atoms with Gasteiger partial charge >= 0.3 is 6.03 Å². The lowest BCUT2D eigenvalue weighted by Crippen LogP contribution is -2.24. The van der Waals surface area contributed by atoms with Crippen LogP contribution in [0.25, 0.3) is 0 Å². The summed E-state index contributed by atoms with van der Waals surface area (Å²) in [6.07, 6.45) is 3.36. The Hall–Kier alpha value is -3.02. The van der Waals surface area contributed by atoms with E-state index in [1.165, 1.54) is 11.8 Å². The summed E-state index contributed by atoms with van der Waals surface area (Å²) in [5.41, 5.74) is 9.17. The Kier molecular flexibility index (Phi) is 8.16. The van der Waals surface area contributed by atoms with Gasteiger partial charge in [-0.15, -0.1) is 0 Å². The van der Waals surface area contributed by atoms with Crippen molar-refractivity contribution in [1.82, 2.24) is 5.43 Å². The molecular weight excluding hydrogens is 342 g/mol. The molecule has 0 aromatic heterocycles. The molecule has 0 aliphatic carbocycles. The smallest absolute Gasteiger partial charge is 0.332 e. The van der Waals surface area contributed by atoms with Crippen molar-refractivity contribution in [3.05, 3.63) is 59.7 Å². The topological polar surface area (TPSA) is 85.9 Å². The number of nitrogens with zero attached hydrogens (tertiary/aromatic N) is 1. The second-order valence-electron chi connectivity index (χ2n) is 6.20. The first-order valence-corrected chi connectivity index (χ1v) is 9.13. The molecule has 2 rings (SSSR count). The van der Waals surface area contributed by atoms with E-state index in [1.54, 1.807) is 0 Å². The molecule has 6 nitrogen and oxygen atoms in total. The Balaban J connectivity index is 1.78. The van der Waals surface area contributed by atoms with Gasteiger partial charge in [0, 0.05) is 6.42 Å². The maximum Gasteiger partial charge on any atom is 0.332 e. The lowest BCUT2D eigenvalue weighted by molar-refractivity contribution is 0.245. The van der Waals surface area contributed by atoms with E-state index in [-0.39, 0.29) is 0 Å². The summed E-state index contributed by atoms with van der Waals surface area (Å²) in [6, 6.07) is 14.9. The highest BCUT2D eigenvalue weighted by atomic mass is 16.5. The van der Waals surface area contributed by atoms with Crippen LogP contribution in [0.1, 0.15) is 43.7 Å². The number of carbonyl (C=O) groups is 1. The van der Waals surface area contributed by atoms with Gasteiger partial charge in [-0.3, -0.25) is 0 Å². The molecule has 27 heavy (non-hydrogen) atoms. The second-order valence-corrected chi connectivity index (χ2v) is 6.20. The molecule has 3 N–H and O–H groups in total. The number of nitrogens with two attached hydrogens (primary N) is 1. The maximum atomic E-state index is 10.6. The van der Waals surface area contributed by atoms with Crippen molar-refractivity contribution in [2.24, 2.45) is 10.8 Å². The van der Waals surface area contributed by atoms with Crippen LogP contribution < -0.4 is 20.6 Å². The summed E-state index contributed by atoms with van der Waals surface area (Å²) in [5.74, 6) is 2.16. The van der Waals surface area contributed by atoms with Crippen LogP contribution in [-0.4, -0.2) is 25.5 Å². The molecule has 2 amide bonds. The van der Waals surface area contributed by atoms with Gasteiger partial charge in [-0.05, 0) is 41.7 Å². The summed E-state index contributed by atoms with van der Waals surface area (Å²) < 4.78 is 11.7. The van der Waals surface area contributed by atoms with Gasteiger partial charge in [-0.2, -0.15) is 5.10 Å². The van der Waals surface area contributed by atoms with Gasteiger partial charge in [0.15, 0.2) is 0 Å². The van der Waals surface area contributed by atoms with E-state index < -0.39 is 6.03 Å². The molecule has 6 heteroatoms. The predicted molar refractivity (Wildman–Crippen MR) is 108 cm³/mol. The number of ether oxygens (including phenoxy) is 2. The highest BCUT2D eigenvalue weighted by Crippen LogP contribution is 2.28. The lowest BCUT2D eigenvalue weighted by atomic mass is 9.98. The zero-order valence-electron chi connectivity index (χ0n) is 15.9. The third kappa shape index (κ3) is 7.01. The van der Waals surface area contributed by atoms with E-state index >= 15 is 0 Å². The van der Waals surface area contributed by atoms with Gasteiger partial charge < -0.3 is 15.2 Å². The molecule has 0 heterocycles. The van der Waals surface area contributed by atoms with Crippen molar-refractivity contribution in [2.45, 2.75) is 32.6 Å². The van der Waals surface area contributed by atoms with Crippen LogP contribution in [0.2, 0.25) is 0 Å². The first-order valence-electron chi connectivity index (χ1n) is 9.13. The second kappa shape index (κ2) is 10.9. The number of benzene rings is 2. The number of hydrazone groups is 1. The van der Waals surface area contributed by atoms with Crippen molar-refractivity contribution < 1.29 is 14.3 Å². The van der Waals surface area contributed by atoms with Crippen LogP contribution in [0.3, 0.4) is 0 Å². The van der Waals surface area contributed by atoms with E-state index in [2.05, 4.69) is 30.4 Å². The van der Waals surface area contributed by atoms with Gasteiger partial charge in [-0.1, -0.05) is 44.2 Å². The quantitative estimate of drug-likeness (QED) is 0.376. The molecule has 0 spiro atoms. The molecule has 2 aromatic rings. The summed E-state index contributed by atoms with van der Waals surface area (Å²) in [6.45, 7) is 5.53. The minimum absolute atomic E-state index is 0.478. The molecule has 0 bridgehead atoms. The summed E-state index contributed by atoms with van der Waals surface area (Å²) >= 11 is 0. The number of hydrogen-bond donors (Lipinski definition) is 2. The number of urea groups is 1. The molecule has 1 atom stereocenters. The fraction of sp³-hybridized carbons (Fsp3) is 0.333. The first-order chi connectivity index (χ1) is 13.1. The fourth-order valence-corrected chi connectivity index (χ4v) is 2.53. The summed E-state index contributed by atoms with van der Waals surface area (Å²) in [4.78, 5) is 10.6. The molecule has 0 unspecified atom stereocenters. The van der Waals surface area contributed by atoms with Crippen molar-refractivity contribution >= 4 is 12.2 Å². The zero-order valence-corrected chi connectivity index (χ0v) is 15.9. The predicted octanol–water partition coefficient (Wildman–Crippen LogP) is 4.05. The molecule has 0 aliphatic rings. The van der Waals surface area contributed by atoms with E-state index in [0.29, 0.717) is 19.1 Å². The van der Waals surface area contributed by atoms with Crippen LogP contribution in [0.4, 0.5) is 4.79 Å². The van der Waals surface area contributed by atoms with E-state index in [4.69, 9.17) is 15.2 Å². The molecule has 2 aromatic carbocycles. The number of rotatable bonds is 10. The molecule has 144 valence electrons. The van der Waals surface area contributed by atoms with Crippen LogP contribution >= 0.6 is 0 Å². The van der Waals surface area contributed by atoms with Crippen LogP contribution in [-0.2, 0) is 0 Å². The van der Waals surface area contributed by atoms with Gasteiger partial charge in [-0.25, -0.2) is 10.2 Å². The van der Waals surface area contributed by atoms with Gasteiger partial charge in [0.25, 0.3) is 0 Å². The molecule has 0 fully saturated rings. The minimum atomic E-state index is -0.700. The number of nitrogens with one attached hydrogen (secondary N) is 1. The largest absolute Gasteiger partial charge is 0.493 e. The Bertz CT molecular complexity index is 762. The third-order valence-corrected chi connectivity index (χ3v) is 4.12. The highest BCUT2D eigenvalue weighted by Gasteiger charge is 2.09. The average molecular weight is 369 g/mol. The van der Waals surface area contributed by atoms with E-state index in [1.807, 2.05) is 42.5 Å². The van der Waals surface area contributed by atoms with Gasteiger partial charge in [0.1, 0.15) is 11.5 Å². The van der Waals surface area contributed by atoms with Crippen molar-refractivity contribution in [3.8, 4) is 11.5 Å². The lowest BCUT2D eigenvalue weighted by Gasteiger charge is -2.15. The molecular formula is C21H27N3O3. The normalized spacial score (nSPS) is 11.9. The number of hydrogen-bond acceptors (Lipinski definition) is 4. The summed E-state index contributed by atoms with van der Waals surface area (Å²) in [5, 5.41) is 3.73. The van der Waals surface area contributed by atoms with Crippen LogP contribution in [0.5, 0.6) is 11.5 Å². The van der Waals surface area contributed by atoms with Gasteiger partial charge in [0.2, 0.25) is 0 Å². The number of amides is 2. The number of primary amides is 1. The molecule has 0 saturated heterocycles. The maximum absolute atomic E-state index is 10.6. The molecule has 0 saturated carbocycles. The number of para-hydroxylation sites is 1. The average Bonchev–Trinajstić information content (AvgIpc) is 2.67. The fourth-order valence-electron chi connectivity index (χ4n) is 2.53. The highest BCUT2D eigenvalue weighted by molar-refractivity contribution is 5.81. The standard InChI is InChI=1S/C21H27N3O3/c1-3-16(2)19-10-4-5-11-20(19)27-13-7-12-26-18-9-6-8-17(14-18)15-23-24-21(22)25/h4-6,8-11,14-16H,3,7,12-13H2,1-2H3,(H3,22,24,25)/b23-15-/t16-/m1/s1. The Labute approximate surface area is 160 Å². The zero-order chi connectivity index (χ0) is 19.5. The first kappa shape index (κ1) is 20.3. The molecule has 0 aliphatic heterocycles. The minimum Gasteiger partial charge on any atom is -0.493 e. The van der Waals surface area contributed by atoms with E-state index in [0.717, 1.165) is 29.9 Å². The monoisotopic (exact) mass is 369 g/mol. The van der Waals surface area contributed by atoms with Crippen molar-refractivity contribution in [3.63, 3.8) is 0 Å². The number of carbonyl (C=O) groups excluding carboxylic acids is 1. The van der Waals surface area contributed by atoms with Crippen molar-refractivity contribution in [1.29, 1.82) is 0 Å². The van der Waals surface area contributed by atoms with Gasteiger partial charge in [0.05, 0.1) is 19.4 Å². The molecule has 0 radical (unpaired) electrons. The Morgan fingerprint density at radius 3 is 2.74 bits per heavy atom. The van der Waals surface area contributed by atoms with Crippen molar-refractivity contribution in [2.75, 3.05) is 13.2 Å². The van der Waals surface area contributed by atoms with Crippen LogP contribution in [0, 0.1) is 0 Å². The van der Waals surface area contributed by atoms with E-state index in [9.17, 15) is 4.79 Å². The Morgan fingerprint density at radius 1 is 1.19 bits per heavy atom. The Morgan fingerprint density at radius 2 is 1.96 bits per heavy atom.